The Bertz CT molecular complexity index is 728. The maximum absolute atomic E-state index is 12.4. The Balaban J connectivity index is 1.87. The fraction of sp³-hybridized carbons (Fsp3) is 0.200. The number of ether oxygens (including phenoxy) is 1. The van der Waals surface area contributed by atoms with E-state index >= 15 is 0 Å². The lowest BCUT2D eigenvalue weighted by molar-refractivity contribution is -0.137. The minimum atomic E-state index is -4.45. The topological polar surface area (TPSA) is 81.2 Å². The molecule has 2 rings (SSSR count). The number of carbonyl (C=O) groups excluding carboxylic acids is 2. The molecular weight excluding hydrogens is 327 g/mol. The number of aromatic nitrogens is 2. The molecule has 0 aliphatic rings. The largest absolute Gasteiger partial charge is 0.451 e. The van der Waals surface area contributed by atoms with Gasteiger partial charge in [0.05, 0.1) is 17.5 Å². The maximum Gasteiger partial charge on any atom is 0.416 e. The molecule has 0 aliphatic carbocycles. The van der Waals surface area contributed by atoms with Crippen molar-refractivity contribution in [3.05, 3.63) is 53.6 Å². The van der Waals surface area contributed by atoms with Crippen LogP contribution in [0.5, 0.6) is 0 Å². The fourth-order valence-electron chi connectivity index (χ4n) is 1.64. The van der Waals surface area contributed by atoms with Gasteiger partial charge in [0, 0.05) is 11.9 Å². The van der Waals surface area contributed by atoms with E-state index in [1.807, 2.05) is 0 Å². The number of aryl methyl sites for hydroxylation is 1. The van der Waals surface area contributed by atoms with Gasteiger partial charge in [-0.25, -0.2) is 9.78 Å². The van der Waals surface area contributed by atoms with Crippen LogP contribution in [0.15, 0.2) is 36.7 Å². The predicted octanol–water partition coefficient (Wildman–Crippen LogP) is 2.60. The quantitative estimate of drug-likeness (QED) is 0.866. The van der Waals surface area contributed by atoms with Gasteiger partial charge in [-0.2, -0.15) is 13.2 Å². The minimum Gasteiger partial charge on any atom is -0.451 e. The molecule has 6 nitrogen and oxygen atoms in total. The van der Waals surface area contributed by atoms with E-state index in [1.54, 1.807) is 6.92 Å². The van der Waals surface area contributed by atoms with E-state index in [2.05, 4.69) is 15.3 Å². The Labute approximate surface area is 134 Å². The second-order valence-electron chi connectivity index (χ2n) is 4.74. The summed E-state index contributed by atoms with van der Waals surface area (Å²) in [6.07, 6.45) is -1.86. The predicted molar refractivity (Wildman–Crippen MR) is 77.1 cm³/mol. The van der Waals surface area contributed by atoms with E-state index in [9.17, 15) is 22.8 Å². The molecule has 1 amide bonds. The fourth-order valence-corrected chi connectivity index (χ4v) is 1.64. The number of anilines is 1. The van der Waals surface area contributed by atoms with Crippen molar-refractivity contribution in [1.82, 2.24) is 9.97 Å². The molecule has 0 aliphatic heterocycles. The van der Waals surface area contributed by atoms with Gasteiger partial charge in [0.25, 0.3) is 5.91 Å². The van der Waals surface area contributed by atoms with E-state index < -0.39 is 30.2 Å². The Morgan fingerprint density at radius 2 is 1.79 bits per heavy atom. The molecule has 0 spiro atoms. The molecule has 1 aromatic carbocycles. The SMILES string of the molecule is Cc1cnc(C(=O)OCC(=O)Nc2ccc(C(F)(F)F)cc2)cn1. The Morgan fingerprint density at radius 1 is 1.12 bits per heavy atom. The summed E-state index contributed by atoms with van der Waals surface area (Å²) in [5, 5.41) is 2.32. The first-order valence-corrected chi connectivity index (χ1v) is 6.68. The minimum absolute atomic E-state index is 0.0528. The molecule has 126 valence electrons. The highest BCUT2D eigenvalue weighted by Crippen LogP contribution is 2.29. The van der Waals surface area contributed by atoms with Gasteiger partial charge in [0.2, 0.25) is 0 Å². The van der Waals surface area contributed by atoms with Crippen molar-refractivity contribution < 1.29 is 27.5 Å². The summed E-state index contributed by atoms with van der Waals surface area (Å²) in [5.41, 5.74) is -0.112. The monoisotopic (exact) mass is 339 g/mol. The van der Waals surface area contributed by atoms with Crippen LogP contribution < -0.4 is 5.32 Å². The van der Waals surface area contributed by atoms with Crippen LogP contribution in [-0.4, -0.2) is 28.5 Å². The molecule has 9 heteroatoms. The van der Waals surface area contributed by atoms with Crippen molar-refractivity contribution in [2.45, 2.75) is 13.1 Å². The van der Waals surface area contributed by atoms with Crippen molar-refractivity contribution >= 4 is 17.6 Å². The molecule has 0 fully saturated rings. The van der Waals surface area contributed by atoms with Gasteiger partial charge in [-0.05, 0) is 31.2 Å². The molecule has 1 aromatic heterocycles. The van der Waals surface area contributed by atoms with Crippen LogP contribution in [0.4, 0.5) is 18.9 Å². The zero-order valence-electron chi connectivity index (χ0n) is 12.4. The highest BCUT2D eigenvalue weighted by molar-refractivity contribution is 5.94. The molecular formula is C15H12F3N3O3. The van der Waals surface area contributed by atoms with Crippen molar-refractivity contribution in [1.29, 1.82) is 0 Å². The maximum atomic E-state index is 12.4. The molecule has 0 radical (unpaired) electrons. The molecule has 1 N–H and O–H groups in total. The first-order chi connectivity index (χ1) is 11.3. The van der Waals surface area contributed by atoms with Crippen molar-refractivity contribution in [2.24, 2.45) is 0 Å². The number of amides is 1. The third-order valence-electron chi connectivity index (χ3n) is 2.82. The summed E-state index contributed by atoms with van der Waals surface area (Å²) in [6, 6.07) is 3.88. The van der Waals surface area contributed by atoms with Gasteiger partial charge in [0.1, 0.15) is 0 Å². The lowest BCUT2D eigenvalue weighted by Gasteiger charge is -2.09. The van der Waals surface area contributed by atoms with Crippen LogP contribution in [0.1, 0.15) is 21.7 Å². The van der Waals surface area contributed by atoms with Crippen LogP contribution in [0.25, 0.3) is 0 Å². The number of rotatable bonds is 4. The van der Waals surface area contributed by atoms with Crippen molar-refractivity contribution in [2.75, 3.05) is 11.9 Å². The number of hydrogen-bond donors (Lipinski definition) is 1. The summed E-state index contributed by atoms with van der Waals surface area (Å²) >= 11 is 0. The molecule has 0 saturated heterocycles. The van der Waals surface area contributed by atoms with E-state index in [0.29, 0.717) is 5.69 Å². The Kier molecular flexibility index (Phi) is 5.12. The summed E-state index contributed by atoms with van der Waals surface area (Å²) in [5.74, 6) is -1.52. The second kappa shape index (κ2) is 7.07. The molecule has 24 heavy (non-hydrogen) atoms. The van der Waals surface area contributed by atoms with Gasteiger partial charge in [-0.15, -0.1) is 0 Å². The molecule has 0 unspecified atom stereocenters. The lowest BCUT2D eigenvalue weighted by Crippen LogP contribution is -2.21. The second-order valence-corrected chi connectivity index (χ2v) is 4.74. The van der Waals surface area contributed by atoms with Crippen LogP contribution in [0.2, 0.25) is 0 Å². The lowest BCUT2D eigenvalue weighted by atomic mass is 10.2. The van der Waals surface area contributed by atoms with Crippen LogP contribution >= 0.6 is 0 Å². The number of carbonyl (C=O) groups is 2. The van der Waals surface area contributed by atoms with Gasteiger partial charge < -0.3 is 10.1 Å². The number of halogens is 3. The first-order valence-electron chi connectivity index (χ1n) is 6.68. The van der Waals surface area contributed by atoms with Crippen LogP contribution in [0.3, 0.4) is 0 Å². The summed E-state index contributed by atoms with van der Waals surface area (Å²) < 4.78 is 42.0. The van der Waals surface area contributed by atoms with Gasteiger partial charge in [-0.3, -0.25) is 9.78 Å². The standard InChI is InChI=1S/C15H12F3N3O3/c1-9-6-20-12(7-19-9)14(23)24-8-13(22)21-11-4-2-10(3-5-11)15(16,17)18/h2-7H,8H2,1H3,(H,21,22). The Hall–Kier alpha value is -2.97. The van der Waals surface area contributed by atoms with Crippen LogP contribution in [-0.2, 0) is 15.7 Å². The molecule has 0 saturated carbocycles. The summed E-state index contributed by atoms with van der Waals surface area (Å²) in [7, 11) is 0. The highest BCUT2D eigenvalue weighted by Gasteiger charge is 2.30. The summed E-state index contributed by atoms with van der Waals surface area (Å²) in [4.78, 5) is 30.9. The molecule has 1 heterocycles. The smallest absolute Gasteiger partial charge is 0.416 e. The summed E-state index contributed by atoms with van der Waals surface area (Å²) in [6.45, 7) is 1.09. The Morgan fingerprint density at radius 3 is 2.33 bits per heavy atom. The molecule has 0 atom stereocenters. The van der Waals surface area contributed by atoms with E-state index in [1.165, 1.54) is 12.4 Å². The van der Waals surface area contributed by atoms with Gasteiger partial charge in [0.15, 0.2) is 12.3 Å². The number of nitrogens with one attached hydrogen (secondary N) is 1. The zero-order chi connectivity index (χ0) is 17.7. The number of hydrogen-bond acceptors (Lipinski definition) is 5. The number of benzene rings is 1. The number of alkyl halides is 3. The van der Waals surface area contributed by atoms with Crippen molar-refractivity contribution in [3.63, 3.8) is 0 Å². The highest BCUT2D eigenvalue weighted by atomic mass is 19.4. The number of nitrogens with zero attached hydrogens (tertiary/aromatic N) is 2. The van der Waals surface area contributed by atoms with E-state index in [4.69, 9.17) is 4.74 Å². The number of esters is 1. The first kappa shape index (κ1) is 17.4. The van der Waals surface area contributed by atoms with Crippen LogP contribution in [0, 0.1) is 6.92 Å². The van der Waals surface area contributed by atoms with Crippen molar-refractivity contribution in [3.8, 4) is 0 Å². The van der Waals surface area contributed by atoms with E-state index in [0.717, 1.165) is 24.3 Å². The average molecular weight is 339 g/mol. The van der Waals surface area contributed by atoms with E-state index in [-0.39, 0.29) is 11.4 Å². The zero-order valence-corrected chi connectivity index (χ0v) is 12.4. The van der Waals surface area contributed by atoms with Gasteiger partial charge in [-0.1, -0.05) is 0 Å². The molecule has 2 aromatic rings. The van der Waals surface area contributed by atoms with Gasteiger partial charge >= 0.3 is 12.1 Å². The normalized spacial score (nSPS) is 11.0. The third kappa shape index (κ3) is 4.77. The molecule has 0 bridgehead atoms. The third-order valence-corrected chi connectivity index (χ3v) is 2.82. The average Bonchev–Trinajstić information content (AvgIpc) is 2.53.